The number of hydrogen-bond donors (Lipinski definition) is 1. The lowest BCUT2D eigenvalue weighted by Crippen LogP contribution is -2.42. The summed E-state index contributed by atoms with van der Waals surface area (Å²) >= 11 is 0. The number of aromatic nitrogens is 4. The molecular weight excluding hydrogens is 330 g/mol. The van der Waals surface area contributed by atoms with E-state index in [1.165, 1.54) is 0 Å². The highest BCUT2D eigenvalue weighted by atomic mass is 16.2. The number of imidazole rings is 1. The summed E-state index contributed by atoms with van der Waals surface area (Å²) < 4.78 is 2.02. The van der Waals surface area contributed by atoms with E-state index in [9.17, 15) is 9.59 Å². The minimum atomic E-state index is -0.386. The predicted molar refractivity (Wildman–Crippen MR) is 96.7 cm³/mol. The first kappa shape index (κ1) is 16.3. The van der Waals surface area contributed by atoms with Gasteiger partial charge in [0.15, 0.2) is 0 Å². The number of carbonyl (C=O) groups is 1. The van der Waals surface area contributed by atoms with Crippen LogP contribution >= 0.6 is 0 Å². The van der Waals surface area contributed by atoms with E-state index in [0.717, 1.165) is 12.8 Å². The molecule has 1 atom stereocenters. The van der Waals surface area contributed by atoms with E-state index in [2.05, 4.69) is 15.0 Å². The summed E-state index contributed by atoms with van der Waals surface area (Å²) in [5.41, 5.74) is 1.04. The van der Waals surface area contributed by atoms with Crippen molar-refractivity contribution in [1.29, 1.82) is 0 Å². The molecule has 4 rings (SSSR count). The Morgan fingerprint density at radius 2 is 2.12 bits per heavy atom. The zero-order valence-electron chi connectivity index (χ0n) is 14.2. The highest BCUT2D eigenvalue weighted by molar-refractivity contribution is 5.94. The molecule has 132 valence electrons. The standard InChI is InChI=1S/C19H19N5O2/c25-18-15(6-7-17(22-18)16-5-1-2-8-21-16)19(26)23-10-3-4-14(12-23)24-11-9-20-13-24/h1-2,5-9,11,13-14H,3-4,10,12H2,(H,22,25)/t14-/m0/s1. The van der Waals surface area contributed by atoms with Crippen LogP contribution in [0.25, 0.3) is 11.4 Å². The van der Waals surface area contributed by atoms with Crippen molar-refractivity contribution in [3.05, 3.63) is 71.2 Å². The van der Waals surface area contributed by atoms with Crippen LogP contribution in [0.3, 0.4) is 0 Å². The second-order valence-electron chi connectivity index (χ2n) is 6.39. The van der Waals surface area contributed by atoms with E-state index in [1.807, 2.05) is 29.0 Å². The quantitative estimate of drug-likeness (QED) is 0.785. The Kier molecular flexibility index (Phi) is 4.35. The number of H-pyrrole nitrogens is 1. The molecule has 1 amide bonds. The molecule has 1 saturated heterocycles. The van der Waals surface area contributed by atoms with E-state index in [4.69, 9.17) is 0 Å². The third kappa shape index (κ3) is 3.15. The number of piperidine rings is 1. The normalized spacial score (nSPS) is 17.2. The number of likely N-dealkylation sites (tertiary alicyclic amines) is 1. The van der Waals surface area contributed by atoms with E-state index in [-0.39, 0.29) is 23.1 Å². The number of pyridine rings is 2. The summed E-state index contributed by atoms with van der Waals surface area (Å²) in [6.07, 6.45) is 8.98. The van der Waals surface area contributed by atoms with Gasteiger partial charge in [0.1, 0.15) is 5.56 Å². The summed E-state index contributed by atoms with van der Waals surface area (Å²) in [6, 6.07) is 8.99. The van der Waals surface area contributed by atoms with E-state index < -0.39 is 0 Å². The van der Waals surface area contributed by atoms with Crippen LogP contribution in [0.4, 0.5) is 0 Å². The van der Waals surface area contributed by atoms with Crippen molar-refractivity contribution >= 4 is 5.91 Å². The fraction of sp³-hybridized carbons (Fsp3) is 0.263. The van der Waals surface area contributed by atoms with E-state index in [0.29, 0.717) is 24.5 Å². The zero-order chi connectivity index (χ0) is 17.9. The summed E-state index contributed by atoms with van der Waals surface area (Å²) in [5.74, 6) is -0.233. The molecule has 7 heteroatoms. The van der Waals surface area contributed by atoms with Gasteiger partial charge in [0.05, 0.1) is 23.8 Å². The molecule has 3 aromatic rings. The van der Waals surface area contributed by atoms with Gasteiger partial charge >= 0.3 is 0 Å². The van der Waals surface area contributed by atoms with Gasteiger partial charge in [-0.1, -0.05) is 6.07 Å². The Balaban J connectivity index is 1.55. The van der Waals surface area contributed by atoms with Crippen LogP contribution in [-0.2, 0) is 0 Å². The SMILES string of the molecule is O=C(c1ccc(-c2ccccn2)[nH]c1=O)N1CCC[C@H](n2ccnc2)C1. The average Bonchev–Trinajstić information content (AvgIpc) is 3.23. The largest absolute Gasteiger partial charge is 0.336 e. The van der Waals surface area contributed by atoms with Gasteiger partial charge < -0.3 is 14.5 Å². The third-order valence-electron chi connectivity index (χ3n) is 4.71. The maximum atomic E-state index is 12.8. The lowest BCUT2D eigenvalue weighted by atomic mass is 10.0. The van der Waals surface area contributed by atoms with Crippen LogP contribution in [-0.4, -0.2) is 43.4 Å². The van der Waals surface area contributed by atoms with Crippen LogP contribution < -0.4 is 5.56 Å². The van der Waals surface area contributed by atoms with Crippen molar-refractivity contribution in [3.8, 4) is 11.4 Å². The molecule has 0 aliphatic carbocycles. The topological polar surface area (TPSA) is 83.9 Å². The Bertz CT molecular complexity index is 950. The number of aromatic amines is 1. The first-order valence-corrected chi connectivity index (χ1v) is 8.64. The highest BCUT2D eigenvalue weighted by Gasteiger charge is 2.26. The molecule has 1 aliphatic heterocycles. The molecule has 4 heterocycles. The molecule has 7 nitrogen and oxygen atoms in total. The maximum Gasteiger partial charge on any atom is 0.261 e. The van der Waals surface area contributed by atoms with Crippen molar-refractivity contribution in [3.63, 3.8) is 0 Å². The molecule has 0 aromatic carbocycles. The number of amides is 1. The van der Waals surface area contributed by atoms with Crippen molar-refractivity contribution in [1.82, 2.24) is 24.4 Å². The number of carbonyl (C=O) groups excluding carboxylic acids is 1. The second-order valence-corrected chi connectivity index (χ2v) is 6.39. The second kappa shape index (κ2) is 6.95. The predicted octanol–water partition coefficient (Wildman–Crippen LogP) is 2.11. The maximum absolute atomic E-state index is 12.8. The van der Waals surface area contributed by atoms with Crippen LogP contribution in [0.5, 0.6) is 0 Å². The number of nitrogens with zero attached hydrogens (tertiary/aromatic N) is 4. The minimum absolute atomic E-state index is 0.163. The molecular formula is C19H19N5O2. The summed E-state index contributed by atoms with van der Waals surface area (Å²) in [4.78, 5) is 38.1. The van der Waals surface area contributed by atoms with Crippen LogP contribution in [0, 0.1) is 0 Å². The van der Waals surface area contributed by atoms with E-state index >= 15 is 0 Å². The van der Waals surface area contributed by atoms with Gasteiger partial charge in [0.25, 0.3) is 11.5 Å². The van der Waals surface area contributed by atoms with Gasteiger partial charge in [-0.2, -0.15) is 0 Å². The minimum Gasteiger partial charge on any atom is -0.336 e. The average molecular weight is 349 g/mol. The van der Waals surface area contributed by atoms with Gasteiger partial charge in [-0.05, 0) is 37.1 Å². The molecule has 3 aromatic heterocycles. The van der Waals surface area contributed by atoms with Crippen LogP contribution in [0.15, 0.2) is 60.0 Å². The first-order chi connectivity index (χ1) is 12.7. The molecule has 0 spiro atoms. The number of hydrogen-bond acceptors (Lipinski definition) is 4. The monoisotopic (exact) mass is 349 g/mol. The van der Waals surface area contributed by atoms with Gasteiger partial charge in [0.2, 0.25) is 0 Å². The smallest absolute Gasteiger partial charge is 0.261 e. The van der Waals surface area contributed by atoms with Crippen molar-refractivity contribution < 1.29 is 4.79 Å². The molecule has 0 unspecified atom stereocenters. The van der Waals surface area contributed by atoms with Crippen LogP contribution in [0.2, 0.25) is 0 Å². The number of rotatable bonds is 3. The van der Waals surface area contributed by atoms with Crippen LogP contribution in [0.1, 0.15) is 29.2 Å². The molecule has 0 saturated carbocycles. The summed E-state index contributed by atoms with van der Waals surface area (Å²) in [5, 5.41) is 0. The molecule has 0 radical (unpaired) electrons. The van der Waals surface area contributed by atoms with Gasteiger partial charge in [-0.25, -0.2) is 4.98 Å². The first-order valence-electron chi connectivity index (χ1n) is 8.64. The van der Waals surface area contributed by atoms with Crippen molar-refractivity contribution in [2.75, 3.05) is 13.1 Å². The molecule has 0 bridgehead atoms. The fourth-order valence-electron chi connectivity index (χ4n) is 3.35. The number of nitrogens with one attached hydrogen (secondary N) is 1. The Labute approximate surface area is 150 Å². The Hall–Kier alpha value is -3.22. The lowest BCUT2D eigenvalue weighted by molar-refractivity contribution is 0.0677. The molecule has 1 N–H and O–H groups in total. The highest BCUT2D eigenvalue weighted by Crippen LogP contribution is 2.22. The molecule has 26 heavy (non-hydrogen) atoms. The summed E-state index contributed by atoms with van der Waals surface area (Å²) in [6.45, 7) is 1.24. The fourth-order valence-corrected chi connectivity index (χ4v) is 3.35. The zero-order valence-corrected chi connectivity index (χ0v) is 14.2. The van der Waals surface area contributed by atoms with Gasteiger partial charge in [-0.3, -0.25) is 14.6 Å². The third-order valence-corrected chi connectivity index (χ3v) is 4.71. The van der Waals surface area contributed by atoms with Gasteiger partial charge in [-0.15, -0.1) is 0 Å². The molecule has 1 fully saturated rings. The lowest BCUT2D eigenvalue weighted by Gasteiger charge is -2.33. The van der Waals surface area contributed by atoms with Crippen molar-refractivity contribution in [2.45, 2.75) is 18.9 Å². The Morgan fingerprint density at radius 3 is 2.85 bits per heavy atom. The van der Waals surface area contributed by atoms with Crippen molar-refractivity contribution in [2.24, 2.45) is 0 Å². The molecule has 1 aliphatic rings. The summed E-state index contributed by atoms with van der Waals surface area (Å²) in [7, 11) is 0. The van der Waals surface area contributed by atoms with Gasteiger partial charge in [0, 0.05) is 31.7 Å². The Morgan fingerprint density at radius 1 is 1.19 bits per heavy atom. The van der Waals surface area contributed by atoms with E-state index in [1.54, 1.807) is 35.8 Å².